The van der Waals surface area contributed by atoms with E-state index in [1.165, 1.54) is 26.4 Å². The average Bonchev–Trinajstić information content (AvgIpc) is 2.75. The fourth-order valence-corrected chi connectivity index (χ4v) is 3.86. The van der Waals surface area contributed by atoms with Gasteiger partial charge in [0.15, 0.2) is 11.6 Å². The van der Waals surface area contributed by atoms with E-state index < -0.39 is 10.8 Å². The summed E-state index contributed by atoms with van der Waals surface area (Å²) in [4.78, 5) is 49.5. The van der Waals surface area contributed by atoms with Gasteiger partial charge in [-0.15, -0.1) is 0 Å². The molecule has 0 heterocycles. The van der Waals surface area contributed by atoms with Gasteiger partial charge in [0.05, 0.1) is 13.2 Å². The fraction of sp³-hybridized carbons (Fsp3) is 0.692. The van der Waals surface area contributed by atoms with Crippen LogP contribution in [0.15, 0.2) is 23.3 Å². The predicted molar refractivity (Wildman–Crippen MR) is 127 cm³/mol. The maximum absolute atomic E-state index is 13.0. The van der Waals surface area contributed by atoms with Gasteiger partial charge in [0, 0.05) is 38.2 Å². The van der Waals surface area contributed by atoms with Gasteiger partial charge < -0.3 is 18.9 Å². The molecule has 0 radical (unpaired) electrons. The van der Waals surface area contributed by atoms with Crippen LogP contribution >= 0.6 is 0 Å². The molecular weight excluding hydrogens is 440 g/mol. The Hall–Kier alpha value is -2.32. The molecule has 8 nitrogen and oxygen atoms in total. The molecule has 192 valence electrons. The largest absolute Gasteiger partial charge is 0.463 e. The van der Waals surface area contributed by atoms with Crippen LogP contribution in [0.3, 0.4) is 0 Å². The van der Waals surface area contributed by atoms with Crippen LogP contribution in [-0.4, -0.2) is 64.2 Å². The van der Waals surface area contributed by atoms with Gasteiger partial charge in [-0.05, 0) is 48.7 Å². The Bertz CT molecular complexity index is 723. The minimum Gasteiger partial charge on any atom is -0.463 e. The summed E-state index contributed by atoms with van der Waals surface area (Å²) >= 11 is 0. The van der Waals surface area contributed by atoms with Gasteiger partial charge in [0.25, 0.3) is 0 Å². The van der Waals surface area contributed by atoms with Gasteiger partial charge in [-0.2, -0.15) is 0 Å². The minimum atomic E-state index is -0.558. The van der Waals surface area contributed by atoms with E-state index in [-0.39, 0.29) is 49.6 Å². The molecule has 0 saturated heterocycles. The van der Waals surface area contributed by atoms with Crippen molar-refractivity contribution in [3.05, 3.63) is 23.3 Å². The SMILES string of the molecule is COCCOC(=O)CCCC(C)(C)C1=CC(=O)C(C(C)(C)CCCC(=O)OCCOC)=CC1=O. The Kier molecular flexibility index (Phi) is 12.4. The molecule has 0 aromatic rings. The van der Waals surface area contributed by atoms with E-state index in [4.69, 9.17) is 18.9 Å². The predicted octanol–water partition coefficient (Wildman–Crippen LogP) is 3.76. The summed E-state index contributed by atoms with van der Waals surface area (Å²) in [6.45, 7) is 8.75. The molecule has 0 atom stereocenters. The van der Waals surface area contributed by atoms with Crippen LogP contribution in [0.2, 0.25) is 0 Å². The summed E-state index contributed by atoms with van der Waals surface area (Å²) in [6, 6.07) is 0. The molecule has 0 amide bonds. The highest BCUT2D eigenvalue weighted by Gasteiger charge is 2.36. The van der Waals surface area contributed by atoms with E-state index in [0.29, 0.717) is 50.0 Å². The molecule has 0 N–H and O–H groups in total. The summed E-state index contributed by atoms with van der Waals surface area (Å²) in [6.07, 6.45) is 5.57. The molecule has 0 saturated carbocycles. The normalized spacial score (nSPS) is 14.5. The van der Waals surface area contributed by atoms with Crippen molar-refractivity contribution in [2.75, 3.05) is 40.6 Å². The van der Waals surface area contributed by atoms with Crippen molar-refractivity contribution < 1.29 is 38.1 Å². The van der Waals surface area contributed by atoms with E-state index in [1.807, 2.05) is 27.7 Å². The molecule has 1 aliphatic carbocycles. The number of allylic oxidation sites excluding steroid dienone is 4. The summed E-state index contributed by atoms with van der Waals surface area (Å²) in [5.74, 6) is -0.984. The second-order valence-electron chi connectivity index (χ2n) is 9.75. The number of hydrogen-bond acceptors (Lipinski definition) is 8. The first-order valence-corrected chi connectivity index (χ1v) is 11.8. The number of ketones is 2. The van der Waals surface area contributed by atoms with Crippen molar-refractivity contribution in [1.29, 1.82) is 0 Å². The molecule has 8 heteroatoms. The van der Waals surface area contributed by atoms with Gasteiger partial charge in [0.1, 0.15) is 13.2 Å². The molecule has 0 fully saturated rings. The number of esters is 2. The van der Waals surface area contributed by atoms with Gasteiger partial charge in [0.2, 0.25) is 0 Å². The van der Waals surface area contributed by atoms with Gasteiger partial charge >= 0.3 is 11.9 Å². The summed E-state index contributed by atoms with van der Waals surface area (Å²) in [5.41, 5.74) is -0.215. The third-order valence-electron chi connectivity index (χ3n) is 6.01. The number of methoxy groups -OCH3 is 2. The lowest BCUT2D eigenvalue weighted by Gasteiger charge is -2.32. The van der Waals surface area contributed by atoms with Gasteiger partial charge in [-0.1, -0.05) is 27.7 Å². The van der Waals surface area contributed by atoms with Gasteiger partial charge in [-0.3, -0.25) is 19.2 Å². The number of ether oxygens (including phenoxy) is 4. The lowest BCUT2D eigenvalue weighted by atomic mass is 9.70. The van der Waals surface area contributed by atoms with E-state index in [9.17, 15) is 19.2 Å². The Morgan fingerprint density at radius 3 is 1.35 bits per heavy atom. The Morgan fingerprint density at radius 2 is 1.03 bits per heavy atom. The lowest BCUT2D eigenvalue weighted by Crippen LogP contribution is -2.30. The van der Waals surface area contributed by atoms with Crippen molar-refractivity contribution in [3.63, 3.8) is 0 Å². The molecule has 0 unspecified atom stereocenters. The topological polar surface area (TPSA) is 105 Å². The molecular formula is C26H40O8. The maximum Gasteiger partial charge on any atom is 0.305 e. The summed E-state index contributed by atoms with van der Waals surface area (Å²) in [5, 5.41) is 0. The van der Waals surface area contributed by atoms with Crippen molar-refractivity contribution in [1.82, 2.24) is 0 Å². The summed E-state index contributed by atoms with van der Waals surface area (Å²) < 4.78 is 19.8. The summed E-state index contributed by atoms with van der Waals surface area (Å²) in [7, 11) is 3.07. The highest BCUT2D eigenvalue weighted by atomic mass is 16.6. The molecule has 34 heavy (non-hydrogen) atoms. The lowest BCUT2D eigenvalue weighted by molar-refractivity contribution is -0.146. The second kappa shape index (κ2) is 14.2. The van der Waals surface area contributed by atoms with Crippen molar-refractivity contribution in [2.45, 2.75) is 66.2 Å². The van der Waals surface area contributed by atoms with Crippen LogP contribution in [-0.2, 0) is 38.1 Å². The average molecular weight is 481 g/mol. The number of hydrogen-bond donors (Lipinski definition) is 0. The highest BCUT2D eigenvalue weighted by Crippen LogP contribution is 2.40. The zero-order chi connectivity index (χ0) is 25.8. The fourth-order valence-electron chi connectivity index (χ4n) is 3.86. The van der Waals surface area contributed by atoms with E-state index in [2.05, 4.69) is 0 Å². The third-order valence-corrected chi connectivity index (χ3v) is 6.01. The second-order valence-corrected chi connectivity index (χ2v) is 9.75. The number of carbonyl (C=O) groups excluding carboxylic acids is 4. The maximum atomic E-state index is 13.0. The van der Waals surface area contributed by atoms with Crippen LogP contribution in [0.25, 0.3) is 0 Å². The molecule has 1 rings (SSSR count). The first kappa shape index (κ1) is 29.7. The Labute approximate surface area is 203 Å². The molecule has 1 aliphatic rings. The van der Waals surface area contributed by atoms with E-state index in [1.54, 1.807) is 0 Å². The van der Waals surface area contributed by atoms with Crippen molar-refractivity contribution in [2.24, 2.45) is 10.8 Å². The molecule has 0 spiro atoms. The zero-order valence-electron chi connectivity index (χ0n) is 21.5. The number of rotatable bonds is 16. The molecule has 0 bridgehead atoms. The molecule has 0 aliphatic heterocycles. The van der Waals surface area contributed by atoms with E-state index >= 15 is 0 Å². The van der Waals surface area contributed by atoms with E-state index in [0.717, 1.165) is 0 Å². The smallest absolute Gasteiger partial charge is 0.305 e. The monoisotopic (exact) mass is 480 g/mol. The molecule has 0 aromatic heterocycles. The van der Waals surface area contributed by atoms with Gasteiger partial charge in [-0.25, -0.2) is 0 Å². The van der Waals surface area contributed by atoms with Crippen LogP contribution in [0.4, 0.5) is 0 Å². The van der Waals surface area contributed by atoms with Crippen LogP contribution in [0.1, 0.15) is 66.2 Å². The Morgan fingerprint density at radius 1 is 0.676 bits per heavy atom. The Balaban J connectivity index is 2.65. The van der Waals surface area contributed by atoms with Crippen LogP contribution in [0, 0.1) is 10.8 Å². The number of carbonyl (C=O) groups is 4. The van der Waals surface area contributed by atoms with Crippen molar-refractivity contribution >= 4 is 23.5 Å². The molecule has 0 aromatic carbocycles. The zero-order valence-corrected chi connectivity index (χ0v) is 21.5. The first-order chi connectivity index (χ1) is 15.9. The van der Waals surface area contributed by atoms with Crippen LogP contribution in [0.5, 0.6) is 0 Å². The van der Waals surface area contributed by atoms with Crippen LogP contribution < -0.4 is 0 Å². The minimum absolute atomic E-state index is 0.186. The first-order valence-electron chi connectivity index (χ1n) is 11.8. The highest BCUT2D eigenvalue weighted by molar-refractivity contribution is 6.20. The third kappa shape index (κ3) is 9.89. The quantitative estimate of drug-likeness (QED) is 0.187. The van der Waals surface area contributed by atoms with Crippen molar-refractivity contribution in [3.8, 4) is 0 Å². The standard InChI is InChI=1S/C26H40O8/c1-25(2,11-7-9-23(29)33-15-13-31-5)19-17-22(28)20(18-21(19)27)26(3,4)12-8-10-24(30)34-16-14-32-6/h17-18H,7-16H2,1-6H3.